The number of rotatable bonds is 7. The first-order valence-electron chi connectivity index (χ1n) is 11.4. The summed E-state index contributed by atoms with van der Waals surface area (Å²) in [6, 6.07) is 6.62. The molecule has 1 aromatic carbocycles. The Bertz CT molecular complexity index is 1400. The van der Waals surface area contributed by atoms with Gasteiger partial charge in [-0.05, 0) is 30.2 Å². The SMILES string of the molecule is COCCOc1cc(F)cc2ccc(-c3nnc4ccc([C@@H](N5CC[C@H](N)C5)C(F)(F)F)cn34)nc12.Cl. The summed E-state index contributed by atoms with van der Waals surface area (Å²) in [6.07, 6.45) is -2.60. The monoisotopic (exact) mass is 540 g/mol. The zero-order valence-electron chi connectivity index (χ0n) is 19.8. The van der Waals surface area contributed by atoms with Crippen LogP contribution in [-0.4, -0.2) is 70.1 Å². The Balaban J connectivity index is 0.00000320. The van der Waals surface area contributed by atoms with E-state index in [0.717, 1.165) is 0 Å². The Morgan fingerprint density at radius 3 is 2.65 bits per heavy atom. The van der Waals surface area contributed by atoms with Crippen LogP contribution in [0.25, 0.3) is 28.1 Å². The van der Waals surface area contributed by atoms with E-state index in [-0.39, 0.29) is 55.3 Å². The molecule has 1 aliphatic rings. The van der Waals surface area contributed by atoms with Crippen LogP contribution in [0.15, 0.2) is 42.6 Å². The van der Waals surface area contributed by atoms with Crippen LogP contribution in [0.5, 0.6) is 5.75 Å². The fourth-order valence-electron chi connectivity index (χ4n) is 4.54. The van der Waals surface area contributed by atoms with Gasteiger partial charge in [0.15, 0.2) is 11.5 Å². The normalized spacial score (nSPS) is 17.3. The maximum Gasteiger partial charge on any atom is 0.408 e. The molecule has 13 heteroatoms. The number of hydrogen-bond acceptors (Lipinski definition) is 7. The zero-order chi connectivity index (χ0) is 25.4. The van der Waals surface area contributed by atoms with Crippen LogP contribution in [0.4, 0.5) is 17.6 Å². The second-order valence-corrected chi connectivity index (χ2v) is 8.72. The number of fused-ring (bicyclic) bond motifs is 2. The number of ether oxygens (including phenoxy) is 2. The molecule has 3 aromatic heterocycles. The maximum absolute atomic E-state index is 14.1. The molecule has 198 valence electrons. The minimum atomic E-state index is -4.49. The van der Waals surface area contributed by atoms with E-state index in [2.05, 4.69) is 15.2 Å². The molecule has 0 bridgehead atoms. The number of hydrogen-bond donors (Lipinski definition) is 1. The highest BCUT2D eigenvalue weighted by Gasteiger charge is 2.46. The van der Waals surface area contributed by atoms with Gasteiger partial charge < -0.3 is 15.2 Å². The Morgan fingerprint density at radius 1 is 1.14 bits per heavy atom. The Labute approximate surface area is 215 Å². The van der Waals surface area contributed by atoms with Crippen molar-refractivity contribution < 1.29 is 27.0 Å². The summed E-state index contributed by atoms with van der Waals surface area (Å²) in [5, 5.41) is 8.77. The molecule has 0 unspecified atom stereocenters. The maximum atomic E-state index is 14.1. The highest BCUT2D eigenvalue weighted by Crippen LogP contribution is 2.39. The molecule has 4 aromatic rings. The third kappa shape index (κ3) is 5.47. The number of likely N-dealkylation sites (tertiary alicyclic amines) is 1. The van der Waals surface area contributed by atoms with E-state index in [1.165, 1.54) is 46.9 Å². The van der Waals surface area contributed by atoms with Gasteiger partial charge in [0.05, 0.1) is 6.61 Å². The van der Waals surface area contributed by atoms with E-state index >= 15 is 0 Å². The standard InChI is InChI=1S/C24H24F4N6O2.ClH/c1-35-8-9-36-19-11-16(25)10-14-2-4-18(30-21(14)19)23-32-31-20-5-3-15(12-34(20)23)22(24(26,27)28)33-7-6-17(29)13-33;/h2-5,10-12,17,22H,6-9,13,29H2,1H3;1H/t17-,22+;/m0./s1. The molecule has 0 aliphatic carbocycles. The molecule has 4 heterocycles. The predicted octanol–water partition coefficient (Wildman–Crippen LogP) is 4.17. The van der Waals surface area contributed by atoms with Crippen molar-refractivity contribution in [3.05, 3.63) is 54.0 Å². The number of alkyl halides is 3. The van der Waals surface area contributed by atoms with Crippen molar-refractivity contribution in [3.63, 3.8) is 0 Å². The van der Waals surface area contributed by atoms with Gasteiger partial charge in [0.1, 0.15) is 35.4 Å². The summed E-state index contributed by atoms with van der Waals surface area (Å²) in [6.45, 7) is 0.910. The lowest BCUT2D eigenvalue weighted by atomic mass is 10.1. The number of pyridine rings is 2. The molecule has 2 N–H and O–H groups in total. The summed E-state index contributed by atoms with van der Waals surface area (Å²) in [5.74, 6) is -0.0114. The van der Waals surface area contributed by atoms with Crippen molar-refractivity contribution in [2.45, 2.75) is 24.7 Å². The molecule has 1 fully saturated rings. The summed E-state index contributed by atoms with van der Waals surface area (Å²) < 4.78 is 68.6. The van der Waals surface area contributed by atoms with Gasteiger partial charge in [0.25, 0.3) is 0 Å². The molecule has 0 spiro atoms. The fraction of sp³-hybridized carbons (Fsp3) is 0.375. The van der Waals surface area contributed by atoms with Crippen molar-refractivity contribution in [3.8, 4) is 17.3 Å². The molecule has 1 aliphatic heterocycles. The first kappa shape index (κ1) is 27.0. The van der Waals surface area contributed by atoms with Crippen molar-refractivity contribution in [2.24, 2.45) is 5.73 Å². The summed E-state index contributed by atoms with van der Waals surface area (Å²) in [7, 11) is 1.52. The molecule has 1 saturated heterocycles. The minimum Gasteiger partial charge on any atom is -0.489 e. The minimum absolute atomic E-state index is 0. The second-order valence-electron chi connectivity index (χ2n) is 8.72. The zero-order valence-corrected chi connectivity index (χ0v) is 20.6. The van der Waals surface area contributed by atoms with Gasteiger partial charge in [-0.2, -0.15) is 13.2 Å². The topological polar surface area (TPSA) is 90.8 Å². The molecular weight excluding hydrogens is 516 g/mol. The molecule has 0 amide bonds. The Morgan fingerprint density at radius 2 is 1.95 bits per heavy atom. The first-order valence-corrected chi connectivity index (χ1v) is 11.4. The van der Waals surface area contributed by atoms with Crippen molar-refractivity contribution >= 4 is 29.0 Å². The first-order chi connectivity index (χ1) is 17.2. The van der Waals surface area contributed by atoms with Crippen molar-refractivity contribution in [1.29, 1.82) is 0 Å². The van der Waals surface area contributed by atoms with Crippen LogP contribution in [0, 0.1) is 5.82 Å². The van der Waals surface area contributed by atoms with Gasteiger partial charge in [0, 0.05) is 43.9 Å². The molecule has 0 radical (unpaired) electrons. The fourth-order valence-corrected chi connectivity index (χ4v) is 4.54. The van der Waals surface area contributed by atoms with Crippen LogP contribution in [0.2, 0.25) is 0 Å². The van der Waals surface area contributed by atoms with Crippen LogP contribution in [-0.2, 0) is 4.74 Å². The second kappa shape index (κ2) is 10.7. The molecule has 0 saturated carbocycles. The van der Waals surface area contributed by atoms with Gasteiger partial charge in [0.2, 0.25) is 0 Å². The van der Waals surface area contributed by atoms with Crippen molar-refractivity contribution in [2.75, 3.05) is 33.4 Å². The van der Waals surface area contributed by atoms with E-state index in [1.807, 2.05) is 0 Å². The lowest BCUT2D eigenvalue weighted by Crippen LogP contribution is -2.38. The van der Waals surface area contributed by atoms with E-state index < -0.39 is 18.0 Å². The lowest BCUT2D eigenvalue weighted by Gasteiger charge is -2.30. The van der Waals surface area contributed by atoms with Gasteiger partial charge in [-0.1, -0.05) is 12.1 Å². The van der Waals surface area contributed by atoms with Gasteiger partial charge in [-0.15, -0.1) is 22.6 Å². The van der Waals surface area contributed by atoms with E-state index in [1.54, 1.807) is 12.1 Å². The number of nitrogens with two attached hydrogens (primary N) is 1. The van der Waals surface area contributed by atoms with Crippen LogP contribution in [0.3, 0.4) is 0 Å². The van der Waals surface area contributed by atoms with Crippen LogP contribution < -0.4 is 10.5 Å². The van der Waals surface area contributed by atoms with E-state index in [9.17, 15) is 17.6 Å². The quantitative estimate of drug-likeness (QED) is 0.278. The number of halogens is 5. The van der Waals surface area contributed by atoms with Crippen LogP contribution in [0.1, 0.15) is 18.0 Å². The Hall–Kier alpha value is -3.06. The lowest BCUT2D eigenvalue weighted by molar-refractivity contribution is -0.183. The van der Waals surface area contributed by atoms with Gasteiger partial charge in [-0.3, -0.25) is 9.30 Å². The number of nitrogens with zero attached hydrogens (tertiary/aromatic N) is 5. The third-order valence-corrected chi connectivity index (χ3v) is 6.17. The smallest absolute Gasteiger partial charge is 0.408 e. The van der Waals surface area contributed by atoms with Gasteiger partial charge >= 0.3 is 6.18 Å². The number of methoxy groups -OCH3 is 1. The molecule has 8 nitrogen and oxygen atoms in total. The van der Waals surface area contributed by atoms with E-state index in [0.29, 0.717) is 35.3 Å². The predicted molar refractivity (Wildman–Crippen MR) is 131 cm³/mol. The average Bonchev–Trinajstić information content (AvgIpc) is 3.44. The number of aromatic nitrogens is 4. The highest BCUT2D eigenvalue weighted by atomic mass is 35.5. The molecular formula is C24H25ClF4N6O2. The molecule has 2 atom stereocenters. The third-order valence-electron chi connectivity index (χ3n) is 6.17. The molecule has 37 heavy (non-hydrogen) atoms. The van der Waals surface area contributed by atoms with Gasteiger partial charge in [-0.25, -0.2) is 9.37 Å². The molecule has 5 rings (SSSR count). The van der Waals surface area contributed by atoms with E-state index in [4.69, 9.17) is 15.2 Å². The Kier molecular flexibility index (Phi) is 7.83. The van der Waals surface area contributed by atoms with Crippen LogP contribution >= 0.6 is 12.4 Å². The number of benzene rings is 1. The van der Waals surface area contributed by atoms with Crippen molar-refractivity contribution in [1.82, 2.24) is 24.5 Å². The summed E-state index contributed by atoms with van der Waals surface area (Å²) in [5.41, 5.74) is 7.03. The largest absolute Gasteiger partial charge is 0.489 e. The highest BCUT2D eigenvalue weighted by molar-refractivity contribution is 5.86. The summed E-state index contributed by atoms with van der Waals surface area (Å²) in [4.78, 5) is 5.94. The average molecular weight is 541 g/mol. The summed E-state index contributed by atoms with van der Waals surface area (Å²) >= 11 is 0.